The summed E-state index contributed by atoms with van der Waals surface area (Å²) in [7, 11) is 1.84. The SMILES string of the molecule is Cc1noc2ncnc(N3CCCC(C(=O)c4nccn4C)C3)c12. The van der Waals surface area contributed by atoms with Gasteiger partial charge in [0.1, 0.15) is 17.5 Å². The first-order chi connectivity index (χ1) is 11.6. The normalized spacial score (nSPS) is 18.2. The fourth-order valence-corrected chi connectivity index (χ4v) is 3.31. The van der Waals surface area contributed by atoms with Crippen LogP contribution >= 0.6 is 0 Å². The lowest BCUT2D eigenvalue weighted by Crippen LogP contribution is -2.40. The number of aryl methyl sites for hydroxylation is 2. The number of hydrogen-bond donors (Lipinski definition) is 0. The van der Waals surface area contributed by atoms with Gasteiger partial charge in [-0.05, 0) is 19.8 Å². The topological polar surface area (TPSA) is 89.9 Å². The molecule has 124 valence electrons. The van der Waals surface area contributed by atoms with E-state index in [0.717, 1.165) is 36.3 Å². The first-order valence-electron chi connectivity index (χ1n) is 7.98. The van der Waals surface area contributed by atoms with E-state index in [4.69, 9.17) is 4.52 Å². The molecule has 1 fully saturated rings. The molecule has 0 spiro atoms. The molecular formula is C16H18N6O2. The minimum absolute atomic E-state index is 0.0829. The van der Waals surface area contributed by atoms with Crippen molar-refractivity contribution in [1.82, 2.24) is 24.7 Å². The Labute approximate surface area is 138 Å². The molecular weight excluding hydrogens is 308 g/mol. The van der Waals surface area contributed by atoms with E-state index in [-0.39, 0.29) is 11.7 Å². The number of aromatic nitrogens is 5. The summed E-state index contributed by atoms with van der Waals surface area (Å²) >= 11 is 0. The van der Waals surface area contributed by atoms with Crippen LogP contribution in [0.25, 0.3) is 11.1 Å². The molecule has 1 atom stereocenters. The number of rotatable bonds is 3. The van der Waals surface area contributed by atoms with Gasteiger partial charge in [0.25, 0.3) is 5.71 Å². The fraction of sp³-hybridized carbons (Fsp3) is 0.438. The number of hydrogen-bond acceptors (Lipinski definition) is 7. The summed E-state index contributed by atoms with van der Waals surface area (Å²) in [6.45, 7) is 3.34. The Bertz CT molecular complexity index is 899. The standard InChI is InChI=1S/C16H18N6O2/c1-10-12-14(18-9-19-16(12)24-20-10)22-6-3-4-11(8-22)13(23)15-17-5-7-21(15)2/h5,7,9,11H,3-4,6,8H2,1-2H3. The number of carbonyl (C=O) groups is 1. The molecule has 0 saturated carbocycles. The second-order valence-electron chi connectivity index (χ2n) is 6.16. The van der Waals surface area contributed by atoms with Crippen LogP contribution < -0.4 is 4.90 Å². The summed E-state index contributed by atoms with van der Waals surface area (Å²) in [4.78, 5) is 27.6. The number of ketones is 1. The lowest BCUT2D eigenvalue weighted by Gasteiger charge is -2.32. The summed E-state index contributed by atoms with van der Waals surface area (Å²) in [5.41, 5.74) is 1.24. The molecule has 0 aliphatic carbocycles. The molecule has 0 bridgehead atoms. The number of imidazole rings is 1. The summed E-state index contributed by atoms with van der Waals surface area (Å²) in [6.07, 6.45) is 6.72. The molecule has 8 nitrogen and oxygen atoms in total. The van der Waals surface area contributed by atoms with Crippen LogP contribution in [0.1, 0.15) is 29.2 Å². The number of nitrogens with zero attached hydrogens (tertiary/aromatic N) is 6. The molecule has 1 aliphatic heterocycles. The highest BCUT2D eigenvalue weighted by Crippen LogP contribution is 2.30. The Morgan fingerprint density at radius 2 is 2.21 bits per heavy atom. The number of piperidine rings is 1. The van der Waals surface area contributed by atoms with Gasteiger partial charge in [0.2, 0.25) is 5.78 Å². The number of anilines is 1. The Morgan fingerprint density at radius 3 is 3.00 bits per heavy atom. The van der Waals surface area contributed by atoms with E-state index >= 15 is 0 Å². The first kappa shape index (κ1) is 14.8. The quantitative estimate of drug-likeness (QED) is 0.677. The van der Waals surface area contributed by atoms with Gasteiger partial charge in [-0.2, -0.15) is 4.98 Å². The van der Waals surface area contributed by atoms with Gasteiger partial charge in [-0.25, -0.2) is 9.97 Å². The van der Waals surface area contributed by atoms with Crippen molar-refractivity contribution in [3.8, 4) is 0 Å². The van der Waals surface area contributed by atoms with E-state index in [1.165, 1.54) is 6.33 Å². The van der Waals surface area contributed by atoms with Crippen LogP contribution in [-0.2, 0) is 7.05 Å². The van der Waals surface area contributed by atoms with Crippen molar-refractivity contribution in [2.75, 3.05) is 18.0 Å². The molecule has 3 aromatic heterocycles. The van der Waals surface area contributed by atoms with Crippen LogP contribution in [0.2, 0.25) is 0 Å². The lowest BCUT2D eigenvalue weighted by molar-refractivity contribution is 0.0893. The van der Waals surface area contributed by atoms with E-state index in [2.05, 4.69) is 25.0 Å². The maximum atomic E-state index is 12.8. The number of carbonyl (C=O) groups excluding carboxylic acids is 1. The van der Waals surface area contributed by atoms with Crippen molar-refractivity contribution < 1.29 is 9.32 Å². The van der Waals surface area contributed by atoms with E-state index in [1.807, 2.05) is 14.0 Å². The van der Waals surface area contributed by atoms with Crippen molar-refractivity contribution in [1.29, 1.82) is 0 Å². The van der Waals surface area contributed by atoms with Crippen LogP contribution in [-0.4, -0.2) is 43.5 Å². The first-order valence-corrected chi connectivity index (χ1v) is 7.98. The Balaban J connectivity index is 1.64. The van der Waals surface area contributed by atoms with E-state index in [0.29, 0.717) is 18.1 Å². The van der Waals surface area contributed by atoms with Crippen molar-refractivity contribution in [2.45, 2.75) is 19.8 Å². The van der Waals surface area contributed by atoms with Crippen LogP contribution in [0.3, 0.4) is 0 Å². The molecule has 0 amide bonds. The summed E-state index contributed by atoms with van der Waals surface area (Å²) in [6, 6.07) is 0. The van der Waals surface area contributed by atoms with Crippen molar-refractivity contribution in [3.05, 3.63) is 30.2 Å². The van der Waals surface area contributed by atoms with Crippen LogP contribution in [0.5, 0.6) is 0 Å². The highest BCUT2D eigenvalue weighted by atomic mass is 16.5. The maximum absolute atomic E-state index is 12.8. The minimum Gasteiger partial charge on any atom is -0.355 e. The van der Waals surface area contributed by atoms with Crippen molar-refractivity contribution in [3.63, 3.8) is 0 Å². The highest BCUT2D eigenvalue weighted by molar-refractivity contribution is 5.95. The molecule has 4 heterocycles. The van der Waals surface area contributed by atoms with Gasteiger partial charge < -0.3 is 14.0 Å². The lowest BCUT2D eigenvalue weighted by atomic mass is 9.93. The zero-order chi connectivity index (χ0) is 16.7. The Hall–Kier alpha value is -2.77. The van der Waals surface area contributed by atoms with Gasteiger partial charge in [-0.15, -0.1) is 0 Å². The Kier molecular flexibility index (Phi) is 3.51. The van der Waals surface area contributed by atoms with E-state index in [9.17, 15) is 4.79 Å². The molecule has 24 heavy (non-hydrogen) atoms. The highest BCUT2D eigenvalue weighted by Gasteiger charge is 2.30. The average molecular weight is 326 g/mol. The second kappa shape index (κ2) is 5.70. The van der Waals surface area contributed by atoms with Crippen LogP contribution in [0.4, 0.5) is 5.82 Å². The average Bonchev–Trinajstić information content (AvgIpc) is 3.20. The van der Waals surface area contributed by atoms with Gasteiger partial charge >= 0.3 is 0 Å². The smallest absolute Gasteiger partial charge is 0.263 e. The van der Waals surface area contributed by atoms with Crippen LogP contribution in [0.15, 0.2) is 23.2 Å². The van der Waals surface area contributed by atoms with Gasteiger partial charge in [-0.1, -0.05) is 5.16 Å². The van der Waals surface area contributed by atoms with Gasteiger partial charge in [-0.3, -0.25) is 4.79 Å². The summed E-state index contributed by atoms with van der Waals surface area (Å²) in [5.74, 6) is 1.29. The maximum Gasteiger partial charge on any atom is 0.263 e. The molecule has 3 aromatic rings. The molecule has 1 unspecified atom stereocenters. The van der Waals surface area contributed by atoms with E-state index < -0.39 is 0 Å². The van der Waals surface area contributed by atoms with E-state index in [1.54, 1.807) is 17.0 Å². The zero-order valence-electron chi connectivity index (χ0n) is 13.6. The number of Topliss-reactive ketones (excluding diaryl/α,β-unsaturated/α-hetero) is 1. The Morgan fingerprint density at radius 1 is 1.33 bits per heavy atom. The van der Waals surface area contributed by atoms with Crippen LogP contribution in [0, 0.1) is 12.8 Å². The third-order valence-corrected chi connectivity index (χ3v) is 4.56. The molecule has 4 rings (SSSR count). The molecule has 0 N–H and O–H groups in total. The van der Waals surface area contributed by atoms with Gasteiger partial charge in [0.15, 0.2) is 5.82 Å². The molecule has 1 aliphatic rings. The summed E-state index contributed by atoms with van der Waals surface area (Å²) < 4.78 is 6.99. The zero-order valence-corrected chi connectivity index (χ0v) is 13.6. The van der Waals surface area contributed by atoms with Crippen molar-refractivity contribution in [2.24, 2.45) is 13.0 Å². The predicted molar refractivity (Wildman–Crippen MR) is 86.8 cm³/mol. The predicted octanol–water partition coefficient (Wildman–Crippen LogP) is 1.76. The molecule has 0 radical (unpaired) electrons. The van der Waals surface area contributed by atoms with Crippen molar-refractivity contribution >= 4 is 22.7 Å². The largest absolute Gasteiger partial charge is 0.355 e. The van der Waals surface area contributed by atoms with Gasteiger partial charge in [0, 0.05) is 38.4 Å². The second-order valence-corrected chi connectivity index (χ2v) is 6.16. The third kappa shape index (κ3) is 2.34. The molecule has 0 aromatic carbocycles. The fourth-order valence-electron chi connectivity index (χ4n) is 3.31. The molecule has 8 heteroatoms. The minimum atomic E-state index is -0.0926. The monoisotopic (exact) mass is 326 g/mol. The summed E-state index contributed by atoms with van der Waals surface area (Å²) in [5, 5.41) is 4.80. The molecule has 1 saturated heterocycles. The number of fused-ring (bicyclic) bond motifs is 1. The third-order valence-electron chi connectivity index (χ3n) is 4.56. The van der Waals surface area contributed by atoms with Gasteiger partial charge in [0.05, 0.1) is 5.69 Å².